The zero-order valence-electron chi connectivity index (χ0n) is 10.7. The van der Waals surface area contributed by atoms with E-state index in [-0.39, 0.29) is 6.79 Å². The van der Waals surface area contributed by atoms with Crippen molar-refractivity contribution in [1.82, 2.24) is 5.32 Å². The van der Waals surface area contributed by atoms with Crippen LogP contribution in [0.2, 0.25) is 0 Å². The molecule has 0 unspecified atom stereocenters. The zero-order valence-corrected chi connectivity index (χ0v) is 10.7. The summed E-state index contributed by atoms with van der Waals surface area (Å²) in [7, 11) is 0. The Labute approximate surface area is 110 Å². The summed E-state index contributed by atoms with van der Waals surface area (Å²) in [6.07, 6.45) is -1.50. The van der Waals surface area contributed by atoms with Crippen LogP contribution in [-0.4, -0.2) is 26.4 Å². The van der Waals surface area contributed by atoms with Gasteiger partial charge in [0.05, 0.1) is 0 Å². The van der Waals surface area contributed by atoms with Gasteiger partial charge in [-0.15, -0.1) is 0 Å². The van der Waals surface area contributed by atoms with E-state index in [1.165, 1.54) is 0 Å². The number of hydrogen-bond donors (Lipinski definition) is 1. The molecule has 0 saturated carbocycles. The Hall–Kier alpha value is -1.56. The molecule has 0 aliphatic carbocycles. The van der Waals surface area contributed by atoms with Gasteiger partial charge in [-0.25, -0.2) is 8.78 Å². The third kappa shape index (κ3) is 3.70. The van der Waals surface area contributed by atoms with E-state index in [4.69, 9.17) is 14.2 Å². The van der Waals surface area contributed by atoms with Crippen molar-refractivity contribution in [3.05, 3.63) is 17.7 Å². The van der Waals surface area contributed by atoms with Crippen LogP contribution in [0.25, 0.3) is 0 Å². The highest BCUT2D eigenvalue weighted by molar-refractivity contribution is 5.51. The largest absolute Gasteiger partial charge is 0.487 e. The van der Waals surface area contributed by atoms with Gasteiger partial charge in [-0.1, -0.05) is 6.92 Å². The maximum Gasteiger partial charge on any atom is 0.272 e. The summed E-state index contributed by atoms with van der Waals surface area (Å²) in [5, 5.41) is 3.21. The molecule has 0 bridgehead atoms. The standard InChI is InChI=1S/C13H17F2NO3/c1-2-3-16-6-9-4-11-12(19-8-18-11)5-10(9)17-7-13(14)15/h4-5,13,16H,2-3,6-8H2,1H3. The number of halogens is 2. The highest BCUT2D eigenvalue weighted by Crippen LogP contribution is 2.38. The van der Waals surface area contributed by atoms with Gasteiger partial charge in [-0.05, 0) is 19.0 Å². The van der Waals surface area contributed by atoms with Gasteiger partial charge in [-0.3, -0.25) is 0 Å². The van der Waals surface area contributed by atoms with E-state index in [1.54, 1.807) is 12.1 Å². The molecule has 6 heteroatoms. The van der Waals surface area contributed by atoms with Gasteiger partial charge in [0.2, 0.25) is 6.79 Å². The number of ether oxygens (including phenoxy) is 3. The number of hydrogen-bond acceptors (Lipinski definition) is 4. The molecule has 0 saturated heterocycles. The maximum absolute atomic E-state index is 12.2. The fraction of sp³-hybridized carbons (Fsp3) is 0.538. The summed E-state index contributed by atoms with van der Waals surface area (Å²) in [4.78, 5) is 0. The first-order chi connectivity index (χ1) is 9.20. The van der Waals surface area contributed by atoms with Crippen LogP contribution in [0, 0.1) is 0 Å². The predicted octanol–water partition coefficient (Wildman–Crippen LogP) is 2.56. The quantitative estimate of drug-likeness (QED) is 0.775. The van der Waals surface area contributed by atoms with Gasteiger partial charge in [-0.2, -0.15) is 0 Å². The minimum Gasteiger partial charge on any atom is -0.487 e. The lowest BCUT2D eigenvalue weighted by Gasteiger charge is -2.13. The lowest BCUT2D eigenvalue weighted by Crippen LogP contribution is -2.15. The topological polar surface area (TPSA) is 39.7 Å². The fourth-order valence-corrected chi connectivity index (χ4v) is 1.79. The van der Waals surface area contributed by atoms with Gasteiger partial charge >= 0.3 is 0 Å². The lowest BCUT2D eigenvalue weighted by atomic mass is 10.1. The molecule has 1 heterocycles. The third-order valence-electron chi connectivity index (χ3n) is 2.66. The number of alkyl halides is 2. The molecule has 4 nitrogen and oxygen atoms in total. The summed E-state index contributed by atoms with van der Waals surface area (Å²) in [5.41, 5.74) is 0.790. The molecule has 0 aromatic heterocycles. The highest BCUT2D eigenvalue weighted by Gasteiger charge is 2.18. The molecular formula is C13H17F2NO3. The summed E-state index contributed by atoms with van der Waals surface area (Å²) in [6.45, 7) is 2.97. The molecular weight excluding hydrogens is 256 g/mol. The normalized spacial score (nSPS) is 13.1. The average Bonchev–Trinajstić information content (AvgIpc) is 2.83. The number of fused-ring (bicyclic) bond motifs is 1. The Bertz CT molecular complexity index is 427. The smallest absolute Gasteiger partial charge is 0.272 e. The van der Waals surface area contributed by atoms with E-state index in [9.17, 15) is 8.78 Å². The van der Waals surface area contributed by atoms with Gasteiger partial charge < -0.3 is 19.5 Å². The Morgan fingerprint density at radius 2 is 2.05 bits per heavy atom. The van der Waals surface area contributed by atoms with Crippen molar-refractivity contribution in [2.45, 2.75) is 26.3 Å². The molecule has 0 radical (unpaired) electrons. The second-order valence-corrected chi connectivity index (χ2v) is 4.19. The molecule has 1 aromatic carbocycles. The van der Waals surface area contributed by atoms with Crippen molar-refractivity contribution in [2.75, 3.05) is 19.9 Å². The van der Waals surface area contributed by atoms with Crippen molar-refractivity contribution in [3.8, 4) is 17.2 Å². The van der Waals surface area contributed by atoms with Gasteiger partial charge in [0, 0.05) is 18.2 Å². The Balaban J connectivity index is 2.12. The van der Waals surface area contributed by atoms with Crippen LogP contribution in [0.3, 0.4) is 0 Å². The van der Waals surface area contributed by atoms with Crippen molar-refractivity contribution < 1.29 is 23.0 Å². The summed E-state index contributed by atoms with van der Waals surface area (Å²) >= 11 is 0. The van der Waals surface area contributed by atoms with E-state index in [1.807, 2.05) is 0 Å². The first-order valence-electron chi connectivity index (χ1n) is 6.25. The summed E-state index contributed by atoms with van der Waals surface area (Å²) in [6, 6.07) is 3.37. The number of rotatable bonds is 7. The van der Waals surface area contributed by atoms with Crippen LogP contribution in [0.4, 0.5) is 8.78 Å². The fourth-order valence-electron chi connectivity index (χ4n) is 1.79. The van der Waals surface area contributed by atoms with Crippen molar-refractivity contribution in [1.29, 1.82) is 0 Å². The van der Waals surface area contributed by atoms with Gasteiger partial charge in [0.1, 0.15) is 12.4 Å². The molecule has 1 N–H and O–H groups in total. The first-order valence-corrected chi connectivity index (χ1v) is 6.25. The van der Waals surface area contributed by atoms with E-state index in [2.05, 4.69) is 12.2 Å². The second-order valence-electron chi connectivity index (χ2n) is 4.19. The van der Waals surface area contributed by atoms with Crippen LogP contribution in [-0.2, 0) is 6.54 Å². The van der Waals surface area contributed by atoms with E-state index >= 15 is 0 Å². The molecule has 106 valence electrons. The molecule has 0 atom stereocenters. The van der Waals surface area contributed by atoms with Crippen molar-refractivity contribution in [2.24, 2.45) is 0 Å². The maximum atomic E-state index is 12.2. The van der Waals surface area contributed by atoms with Gasteiger partial charge in [0.15, 0.2) is 11.5 Å². The molecule has 0 spiro atoms. The minimum absolute atomic E-state index is 0.148. The summed E-state index contributed by atoms with van der Waals surface area (Å²) < 4.78 is 40.1. The molecule has 0 fully saturated rings. The van der Waals surface area contributed by atoms with Crippen LogP contribution < -0.4 is 19.5 Å². The molecule has 1 aromatic rings. The predicted molar refractivity (Wildman–Crippen MR) is 66.1 cm³/mol. The lowest BCUT2D eigenvalue weighted by molar-refractivity contribution is 0.0812. The molecule has 1 aliphatic rings. The average molecular weight is 273 g/mol. The van der Waals surface area contributed by atoms with Crippen molar-refractivity contribution >= 4 is 0 Å². The van der Waals surface area contributed by atoms with Crippen LogP contribution in [0.15, 0.2) is 12.1 Å². The number of benzene rings is 1. The van der Waals surface area contributed by atoms with E-state index in [0.29, 0.717) is 23.8 Å². The van der Waals surface area contributed by atoms with Crippen LogP contribution >= 0.6 is 0 Å². The number of nitrogens with one attached hydrogen (secondary N) is 1. The van der Waals surface area contributed by atoms with E-state index in [0.717, 1.165) is 18.5 Å². The second kappa shape index (κ2) is 6.56. The Morgan fingerprint density at radius 3 is 2.74 bits per heavy atom. The molecule has 2 rings (SSSR count). The highest BCUT2D eigenvalue weighted by atomic mass is 19.3. The third-order valence-corrected chi connectivity index (χ3v) is 2.66. The SMILES string of the molecule is CCCNCc1cc2c(cc1OCC(F)F)OCO2. The molecule has 19 heavy (non-hydrogen) atoms. The Kier molecular flexibility index (Phi) is 4.79. The van der Waals surface area contributed by atoms with Crippen LogP contribution in [0.1, 0.15) is 18.9 Å². The van der Waals surface area contributed by atoms with Crippen molar-refractivity contribution in [3.63, 3.8) is 0 Å². The molecule has 1 aliphatic heterocycles. The zero-order chi connectivity index (χ0) is 13.7. The monoisotopic (exact) mass is 273 g/mol. The van der Waals surface area contributed by atoms with Gasteiger partial charge in [0.25, 0.3) is 6.43 Å². The summed E-state index contributed by atoms with van der Waals surface area (Å²) in [5.74, 6) is 1.56. The van der Waals surface area contributed by atoms with Crippen LogP contribution in [0.5, 0.6) is 17.2 Å². The minimum atomic E-state index is -2.50. The Morgan fingerprint density at radius 1 is 1.32 bits per heavy atom. The van der Waals surface area contributed by atoms with E-state index < -0.39 is 13.0 Å². The first kappa shape index (κ1) is 13.9. The molecule has 0 amide bonds.